The van der Waals surface area contributed by atoms with Crippen molar-refractivity contribution in [2.24, 2.45) is 0 Å². The molecule has 0 aromatic carbocycles. The third-order valence-corrected chi connectivity index (χ3v) is 9.94. The standard InChI is InChI=1S/C43H79FN2O6/c1-3-5-7-9-11-13-15-17-18-20-22-24-26-28-30-32-42(48)52-40(38-51-43(49)45-39-35-46(36-39)34-33-44)37-50-41(47)31-29-27-25-23-21-19-16-14-12-10-8-6-4-2/h17-18,39-40H,3-16,19-38H2,1-2H3,(H,45,49)/b18-17-. The summed E-state index contributed by atoms with van der Waals surface area (Å²) in [6.07, 6.45) is 35.2. The lowest BCUT2D eigenvalue weighted by atomic mass is 10.0. The maximum Gasteiger partial charge on any atom is 0.407 e. The quantitative estimate of drug-likeness (QED) is 0.0293. The first-order valence-corrected chi connectivity index (χ1v) is 21.7. The number of amides is 1. The molecule has 1 amide bonds. The summed E-state index contributed by atoms with van der Waals surface area (Å²) in [7, 11) is 0. The Kier molecular flexibility index (Phi) is 33.0. The number of alkyl halides is 1. The number of halogens is 1. The van der Waals surface area contributed by atoms with E-state index < -0.39 is 18.9 Å². The van der Waals surface area contributed by atoms with Gasteiger partial charge in [-0.25, -0.2) is 9.18 Å². The van der Waals surface area contributed by atoms with Gasteiger partial charge in [0.15, 0.2) is 6.10 Å². The topological polar surface area (TPSA) is 94.2 Å². The van der Waals surface area contributed by atoms with Gasteiger partial charge in [-0.3, -0.25) is 14.5 Å². The summed E-state index contributed by atoms with van der Waals surface area (Å²) in [4.78, 5) is 39.4. The zero-order valence-electron chi connectivity index (χ0n) is 33.6. The number of carbonyl (C=O) groups excluding carboxylic acids is 3. The zero-order chi connectivity index (χ0) is 37.7. The molecule has 0 bridgehead atoms. The molecule has 8 nitrogen and oxygen atoms in total. The Bertz CT molecular complexity index is 882. The van der Waals surface area contributed by atoms with E-state index in [4.69, 9.17) is 14.2 Å². The molecular weight excluding hydrogens is 659 g/mol. The van der Waals surface area contributed by atoms with E-state index in [1.165, 1.54) is 116 Å². The van der Waals surface area contributed by atoms with E-state index in [9.17, 15) is 18.8 Å². The maximum absolute atomic E-state index is 12.7. The van der Waals surface area contributed by atoms with Crippen molar-refractivity contribution in [2.75, 3.05) is 39.5 Å². The van der Waals surface area contributed by atoms with Crippen LogP contribution in [0.15, 0.2) is 12.2 Å². The van der Waals surface area contributed by atoms with Crippen molar-refractivity contribution in [3.63, 3.8) is 0 Å². The molecular formula is C43H79FN2O6. The highest BCUT2D eigenvalue weighted by Gasteiger charge is 2.28. The number of unbranched alkanes of at least 4 members (excludes halogenated alkanes) is 23. The molecule has 0 aliphatic carbocycles. The van der Waals surface area contributed by atoms with Crippen molar-refractivity contribution in [1.82, 2.24) is 10.2 Å². The Morgan fingerprint density at radius 1 is 0.615 bits per heavy atom. The lowest BCUT2D eigenvalue weighted by molar-refractivity contribution is -0.161. The Hall–Kier alpha value is -2.16. The second kappa shape index (κ2) is 35.8. The third-order valence-electron chi connectivity index (χ3n) is 9.94. The van der Waals surface area contributed by atoms with Gasteiger partial charge < -0.3 is 19.5 Å². The highest BCUT2D eigenvalue weighted by molar-refractivity contribution is 5.70. The van der Waals surface area contributed by atoms with Crippen LogP contribution >= 0.6 is 0 Å². The number of likely N-dealkylation sites (tertiary alicyclic amines) is 1. The van der Waals surface area contributed by atoms with E-state index in [0.717, 1.165) is 51.4 Å². The number of carbonyl (C=O) groups is 3. The molecule has 1 N–H and O–H groups in total. The van der Waals surface area contributed by atoms with Crippen LogP contribution in [0.2, 0.25) is 0 Å². The molecule has 1 rings (SSSR count). The third kappa shape index (κ3) is 30.3. The molecule has 0 aromatic heterocycles. The van der Waals surface area contributed by atoms with Crippen LogP contribution in [-0.4, -0.2) is 74.6 Å². The number of ether oxygens (including phenoxy) is 3. The summed E-state index contributed by atoms with van der Waals surface area (Å²) in [6, 6.07) is -0.0978. The second-order valence-corrected chi connectivity index (χ2v) is 15.0. The SMILES string of the molecule is CCCCCCCC/C=C\CCCCCCCC(=O)OC(COC(=O)CCCCCCCCCCCCCCC)COC(=O)NC1CN(CCF)C1. The number of esters is 2. The number of alkyl carbamates (subject to hydrolysis) is 1. The van der Waals surface area contributed by atoms with E-state index in [2.05, 4.69) is 31.3 Å². The van der Waals surface area contributed by atoms with Gasteiger partial charge in [0.2, 0.25) is 0 Å². The number of hydrogen-bond donors (Lipinski definition) is 1. The molecule has 1 atom stereocenters. The molecule has 0 aromatic rings. The largest absolute Gasteiger partial charge is 0.462 e. The Morgan fingerprint density at radius 3 is 1.52 bits per heavy atom. The Balaban J connectivity index is 2.24. The molecule has 1 saturated heterocycles. The second-order valence-electron chi connectivity index (χ2n) is 15.0. The van der Waals surface area contributed by atoms with Gasteiger partial charge in [0.1, 0.15) is 19.9 Å². The first-order valence-electron chi connectivity index (χ1n) is 21.7. The summed E-state index contributed by atoms with van der Waals surface area (Å²) < 4.78 is 28.9. The lowest BCUT2D eigenvalue weighted by Crippen LogP contribution is -2.59. The summed E-state index contributed by atoms with van der Waals surface area (Å²) in [5, 5.41) is 2.75. The highest BCUT2D eigenvalue weighted by atomic mass is 19.1. The lowest BCUT2D eigenvalue weighted by Gasteiger charge is -2.38. The maximum atomic E-state index is 12.7. The van der Waals surface area contributed by atoms with Crippen LogP contribution in [0.3, 0.4) is 0 Å². The van der Waals surface area contributed by atoms with E-state index >= 15 is 0 Å². The first-order chi connectivity index (χ1) is 25.5. The van der Waals surface area contributed by atoms with Gasteiger partial charge in [0.05, 0.1) is 6.04 Å². The molecule has 0 radical (unpaired) electrons. The Labute approximate surface area is 318 Å². The van der Waals surface area contributed by atoms with Crippen molar-refractivity contribution in [2.45, 2.75) is 206 Å². The minimum absolute atomic E-state index is 0.0978. The monoisotopic (exact) mass is 739 g/mol. The molecule has 52 heavy (non-hydrogen) atoms. The van der Waals surface area contributed by atoms with Crippen molar-refractivity contribution in [3.8, 4) is 0 Å². The molecule has 1 aliphatic heterocycles. The molecule has 0 saturated carbocycles. The van der Waals surface area contributed by atoms with E-state index in [1.54, 1.807) is 0 Å². The van der Waals surface area contributed by atoms with Gasteiger partial charge in [-0.15, -0.1) is 0 Å². The fraction of sp³-hybridized carbons (Fsp3) is 0.884. The van der Waals surface area contributed by atoms with Crippen LogP contribution in [0, 0.1) is 0 Å². The predicted octanol–water partition coefficient (Wildman–Crippen LogP) is 11.3. The van der Waals surface area contributed by atoms with E-state index in [-0.39, 0.29) is 37.6 Å². The average Bonchev–Trinajstić information content (AvgIpc) is 3.12. The fourth-order valence-corrected chi connectivity index (χ4v) is 6.59. The van der Waals surface area contributed by atoms with Crippen LogP contribution in [0.4, 0.5) is 9.18 Å². The van der Waals surface area contributed by atoms with Crippen LogP contribution in [0.25, 0.3) is 0 Å². The van der Waals surface area contributed by atoms with Crippen LogP contribution in [0.1, 0.15) is 194 Å². The Morgan fingerprint density at radius 2 is 1.04 bits per heavy atom. The molecule has 304 valence electrons. The summed E-state index contributed by atoms with van der Waals surface area (Å²) in [5.74, 6) is -0.701. The van der Waals surface area contributed by atoms with Gasteiger partial charge in [-0.2, -0.15) is 0 Å². The summed E-state index contributed by atoms with van der Waals surface area (Å²) >= 11 is 0. The average molecular weight is 739 g/mol. The van der Waals surface area contributed by atoms with Gasteiger partial charge in [0.25, 0.3) is 0 Å². The van der Waals surface area contributed by atoms with Crippen molar-refractivity contribution in [1.29, 1.82) is 0 Å². The number of nitrogens with one attached hydrogen (secondary N) is 1. The predicted molar refractivity (Wildman–Crippen MR) is 211 cm³/mol. The molecule has 1 unspecified atom stereocenters. The van der Waals surface area contributed by atoms with E-state index in [0.29, 0.717) is 26.1 Å². The van der Waals surface area contributed by atoms with Crippen molar-refractivity contribution in [3.05, 3.63) is 12.2 Å². The van der Waals surface area contributed by atoms with Crippen LogP contribution in [-0.2, 0) is 23.8 Å². The first kappa shape index (κ1) is 47.9. The number of nitrogens with zero attached hydrogens (tertiary/aromatic N) is 1. The van der Waals surface area contributed by atoms with E-state index in [1.807, 2.05) is 4.90 Å². The molecule has 0 spiro atoms. The van der Waals surface area contributed by atoms with Gasteiger partial charge >= 0.3 is 18.0 Å². The number of rotatable bonds is 37. The minimum Gasteiger partial charge on any atom is -0.462 e. The number of hydrogen-bond acceptors (Lipinski definition) is 7. The highest BCUT2D eigenvalue weighted by Crippen LogP contribution is 2.15. The van der Waals surface area contributed by atoms with Crippen LogP contribution < -0.4 is 5.32 Å². The smallest absolute Gasteiger partial charge is 0.407 e. The molecule has 1 heterocycles. The molecule has 1 aliphatic rings. The van der Waals surface area contributed by atoms with Gasteiger partial charge in [0, 0.05) is 32.5 Å². The summed E-state index contributed by atoms with van der Waals surface area (Å²) in [6.45, 7) is 5.25. The molecule has 1 fully saturated rings. The zero-order valence-corrected chi connectivity index (χ0v) is 33.6. The summed E-state index contributed by atoms with van der Waals surface area (Å²) in [5.41, 5.74) is 0. The van der Waals surface area contributed by atoms with Gasteiger partial charge in [-0.1, -0.05) is 154 Å². The van der Waals surface area contributed by atoms with Crippen molar-refractivity contribution < 1.29 is 33.0 Å². The van der Waals surface area contributed by atoms with Gasteiger partial charge in [-0.05, 0) is 38.5 Å². The number of allylic oxidation sites excluding steroid dienone is 2. The fourth-order valence-electron chi connectivity index (χ4n) is 6.59. The minimum atomic E-state index is -0.860. The molecule has 9 heteroatoms. The van der Waals surface area contributed by atoms with Crippen LogP contribution in [0.5, 0.6) is 0 Å². The van der Waals surface area contributed by atoms with Crippen molar-refractivity contribution >= 4 is 18.0 Å². The normalized spacial score (nSPS) is 14.0.